The Hall–Kier alpha value is -2.86. The second kappa shape index (κ2) is 6.72. The molecule has 0 saturated heterocycles. The van der Waals surface area contributed by atoms with Gasteiger partial charge in [-0.05, 0) is 36.4 Å². The molecular formula is C18H20N4O2. The van der Waals surface area contributed by atoms with Crippen LogP contribution in [0.25, 0.3) is 0 Å². The summed E-state index contributed by atoms with van der Waals surface area (Å²) in [5.74, 6) is -0.182. The van der Waals surface area contributed by atoms with Crippen LogP contribution < -0.4 is 16.4 Å². The lowest BCUT2D eigenvalue weighted by Gasteiger charge is -2.32. The Labute approximate surface area is 140 Å². The lowest BCUT2D eigenvalue weighted by Crippen LogP contribution is -2.40. The number of primary amides is 1. The maximum atomic E-state index is 12.6. The molecule has 1 atom stereocenters. The molecule has 0 fully saturated rings. The number of anilines is 1. The number of urea groups is 1. The third kappa shape index (κ3) is 3.55. The summed E-state index contributed by atoms with van der Waals surface area (Å²) in [5, 5.41) is 5.55. The van der Waals surface area contributed by atoms with Gasteiger partial charge in [0.05, 0.1) is 6.04 Å². The Balaban J connectivity index is 1.79. The fourth-order valence-electron chi connectivity index (χ4n) is 3.03. The van der Waals surface area contributed by atoms with E-state index in [2.05, 4.69) is 27.7 Å². The second-order valence-electron chi connectivity index (χ2n) is 5.99. The number of fused-ring (bicyclic) bond motifs is 1. The maximum absolute atomic E-state index is 12.6. The average Bonchev–Trinajstić information content (AvgIpc) is 2.54. The zero-order valence-electron chi connectivity index (χ0n) is 13.5. The second-order valence-corrected chi connectivity index (χ2v) is 5.99. The van der Waals surface area contributed by atoms with Crippen molar-refractivity contribution in [3.8, 4) is 0 Å². The molecule has 0 bridgehead atoms. The van der Waals surface area contributed by atoms with Crippen molar-refractivity contribution in [3.05, 3.63) is 65.2 Å². The molecule has 2 aromatic rings. The van der Waals surface area contributed by atoms with Crippen molar-refractivity contribution in [2.75, 3.05) is 18.9 Å². The molecule has 3 rings (SSSR count). The van der Waals surface area contributed by atoms with Crippen LogP contribution in [0.15, 0.2) is 48.5 Å². The van der Waals surface area contributed by atoms with E-state index in [4.69, 9.17) is 5.73 Å². The SMILES string of the molecule is CN1Cc2ccccc2C(NC(=O)c2cccc(NC(N)=O)c2)C1. The van der Waals surface area contributed by atoms with E-state index in [1.165, 1.54) is 5.56 Å². The van der Waals surface area contributed by atoms with Crippen LogP contribution in [0.2, 0.25) is 0 Å². The van der Waals surface area contributed by atoms with Crippen LogP contribution >= 0.6 is 0 Å². The molecule has 1 aliphatic heterocycles. The lowest BCUT2D eigenvalue weighted by atomic mass is 9.95. The number of carbonyl (C=O) groups excluding carboxylic acids is 2. The molecule has 6 nitrogen and oxygen atoms in total. The minimum absolute atomic E-state index is 0.0693. The summed E-state index contributed by atoms with van der Waals surface area (Å²) < 4.78 is 0. The van der Waals surface area contributed by atoms with Crippen LogP contribution in [0.5, 0.6) is 0 Å². The first-order chi connectivity index (χ1) is 11.5. The predicted octanol–water partition coefficient (Wildman–Crippen LogP) is 2.09. The zero-order chi connectivity index (χ0) is 17.1. The summed E-state index contributed by atoms with van der Waals surface area (Å²) >= 11 is 0. The first kappa shape index (κ1) is 16.0. The molecule has 1 aliphatic rings. The molecule has 1 unspecified atom stereocenters. The summed E-state index contributed by atoms with van der Waals surface area (Å²) in [6, 6.07) is 14.1. The van der Waals surface area contributed by atoms with Crippen LogP contribution in [0.1, 0.15) is 27.5 Å². The van der Waals surface area contributed by atoms with Gasteiger partial charge in [-0.15, -0.1) is 0 Å². The molecule has 0 spiro atoms. The van der Waals surface area contributed by atoms with Gasteiger partial charge in [-0.2, -0.15) is 0 Å². The molecule has 3 amide bonds. The summed E-state index contributed by atoms with van der Waals surface area (Å²) in [6.45, 7) is 1.63. The van der Waals surface area contributed by atoms with Crippen LogP contribution in [0.3, 0.4) is 0 Å². The van der Waals surface area contributed by atoms with Crippen molar-refractivity contribution in [1.82, 2.24) is 10.2 Å². The minimum Gasteiger partial charge on any atom is -0.351 e. The van der Waals surface area contributed by atoms with E-state index < -0.39 is 6.03 Å². The number of likely N-dealkylation sites (N-methyl/N-ethyl adjacent to an activating group) is 1. The Kier molecular flexibility index (Phi) is 4.48. The normalized spacial score (nSPS) is 17.0. The van der Waals surface area contributed by atoms with Crippen molar-refractivity contribution >= 4 is 17.6 Å². The predicted molar refractivity (Wildman–Crippen MR) is 92.6 cm³/mol. The van der Waals surface area contributed by atoms with Crippen molar-refractivity contribution in [1.29, 1.82) is 0 Å². The van der Waals surface area contributed by atoms with Gasteiger partial charge < -0.3 is 16.4 Å². The largest absolute Gasteiger partial charge is 0.351 e. The fraction of sp³-hybridized carbons (Fsp3) is 0.222. The smallest absolute Gasteiger partial charge is 0.316 e. The van der Waals surface area contributed by atoms with Gasteiger partial charge in [-0.3, -0.25) is 9.69 Å². The standard InChI is InChI=1S/C18H20N4O2/c1-22-10-13-5-2-3-8-15(13)16(11-22)21-17(23)12-6-4-7-14(9-12)20-18(19)24/h2-9,16H,10-11H2,1H3,(H,21,23)(H3,19,20,24). The Morgan fingerprint density at radius 1 is 1.17 bits per heavy atom. The average molecular weight is 324 g/mol. The Bertz CT molecular complexity index is 775. The van der Waals surface area contributed by atoms with E-state index in [0.29, 0.717) is 11.3 Å². The molecule has 6 heteroatoms. The number of hydrogen-bond acceptors (Lipinski definition) is 3. The highest BCUT2D eigenvalue weighted by molar-refractivity contribution is 5.96. The molecule has 24 heavy (non-hydrogen) atoms. The van der Waals surface area contributed by atoms with Gasteiger partial charge in [-0.25, -0.2) is 4.79 Å². The number of nitrogens with two attached hydrogens (primary N) is 1. The highest BCUT2D eigenvalue weighted by Gasteiger charge is 2.24. The number of nitrogens with zero attached hydrogens (tertiary/aromatic N) is 1. The minimum atomic E-state index is -0.657. The number of amides is 3. The van der Waals surface area contributed by atoms with Gasteiger partial charge in [0.2, 0.25) is 0 Å². The molecule has 0 saturated carbocycles. The quantitative estimate of drug-likeness (QED) is 0.808. The van der Waals surface area contributed by atoms with Gasteiger partial charge >= 0.3 is 6.03 Å². The van der Waals surface area contributed by atoms with Gasteiger partial charge in [0.25, 0.3) is 5.91 Å². The lowest BCUT2D eigenvalue weighted by molar-refractivity contribution is 0.0922. The highest BCUT2D eigenvalue weighted by atomic mass is 16.2. The van der Waals surface area contributed by atoms with Crippen molar-refractivity contribution in [3.63, 3.8) is 0 Å². The summed E-state index contributed by atoms with van der Waals surface area (Å²) in [6.07, 6.45) is 0. The Morgan fingerprint density at radius 2 is 1.96 bits per heavy atom. The van der Waals surface area contributed by atoms with E-state index in [1.54, 1.807) is 24.3 Å². The van der Waals surface area contributed by atoms with Crippen molar-refractivity contribution in [2.24, 2.45) is 5.73 Å². The zero-order valence-corrected chi connectivity index (χ0v) is 13.5. The highest BCUT2D eigenvalue weighted by Crippen LogP contribution is 2.26. The van der Waals surface area contributed by atoms with Crippen molar-refractivity contribution in [2.45, 2.75) is 12.6 Å². The number of rotatable bonds is 3. The topological polar surface area (TPSA) is 87.5 Å². The van der Waals surface area contributed by atoms with Crippen LogP contribution in [-0.2, 0) is 6.54 Å². The van der Waals surface area contributed by atoms with Gasteiger partial charge in [0.15, 0.2) is 0 Å². The van der Waals surface area contributed by atoms with E-state index >= 15 is 0 Å². The summed E-state index contributed by atoms with van der Waals surface area (Å²) in [7, 11) is 2.03. The molecule has 2 aromatic carbocycles. The fourth-order valence-corrected chi connectivity index (χ4v) is 3.03. The van der Waals surface area contributed by atoms with Crippen LogP contribution in [-0.4, -0.2) is 30.4 Å². The number of nitrogens with one attached hydrogen (secondary N) is 2. The molecule has 0 radical (unpaired) electrons. The number of carbonyl (C=O) groups is 2. The number of hydrogen-bond donors (Lipinski definition) is 3. The molecule has 0 aromatic heterocycles. The molecule has 124 valence electrons. The maximum Gasteiger partial charge on any atom is 0.316 e. The van der Waals surface area contributed by atoms with Gasteiger partial charge in [0.1, 0.15) is 0 Å². The molecular weight excluding hydrogens is 304 g/mol. The van der Waals surface area contributed by atoms with E-state index in [1.807, 2.05) is 19.2 Å². The monoisotopic (exact) mass is 324 g/mol. The number of benzene rings is 2. The molecule has 1 heterocycles. The Morgan fingerprint density at radius 3 is 2.75 bits per heavy atom. The third-order valence-corrected chi connectivity index (χ3v) is 4.06. The van der Waals surface area contributed by atoms with Gasteiger partial charge in [0, 0.05) is 24.3 Å². The summed E-state index contributed by atoms with van der Waals surface area (Å²) in [4.78, 5) is 25.7. The molecule has 0 aliphatic carbocycles. The molecule has 4 N–H and O–H groups in total. The van der Waals surface area contributed by atoms with Crippen molar-refractivity contribution < 1.29 is 9.59 Å². The van der Waals surface area contributed by atoms with Crippen LogP contribution in [0.4, 0.5) is 10.5 Å². The van der Waals surface area contributed by atoms with Crippen LogP contribution in [0, 0.1) is 0 Å². The first-order valence-corrected chi connectivity index (χ1v) is 7.76. The van der Waals surface area contributed by atoms with E-state index in [0.717, 1.165) is 18.7 Å². The third-order valence-electron chi connectivity index (χ3n) is 4.06. The van der Waals surface area contributed by atoms with E-state index in [-0.39, 0.29) is 11.9 Å². The summed E-state index contributed by atoms with van der Waals surface area (Å²) in [5.41, 5.74) is 8.46. The van der Waals surface area contributed by atoms with E-state index in [9.17, 15) is 9.59 Å². The van der Waals surface area contributed by atoms with Gasteiger partial charge in [-0.1, -0.05) is 30.3 Å². The first-order valence-electron chi connectivity index (χ1n) is 7.76.